The molecule has 2 aliphatic heterocycles. The Morgan fingerprint density at radius 1 is 1.47 bits per heavy atom. The molecule has 0 aromatic heterocycles. The number of nitrogens with two attached hydrogens (primary N) is 1. The number of aliphatic imine (C=N–C) groups is 1. The number of rotatable bonds is 0. The number of hydrogen-bond acceptors (Lipinski definition) is 3. The van der Waals surface area contributed by atoms with Crippen molar-refractivity contribution in [3.63, 3.8) is 0 Å². The molecule has 0 aliphatic carbocycles. The summed E-state index contributed by atoms with van der Waals surface area (Å²) in [6, 6.07) is -0.0316. The first-order chi connectivity index (χ1) is 6.97. The van der Waals surface area contributed by atoms with Crippen molar-refractivity contribution in [2.75, 3.05) is 13.1 Å². The second-order valence-corrected chi connectivity index (χ2v) is 3.91. The smallest absolute Gasteiger partial charge is 0.289 e. The molecule has 1 fully saturated rings. The van der Waals surface area contributed by atoms with Crippen LogP contribution in [0, 0.1) is 5.92 Å². The van der Waals surface area contributed by atoms with Gasteiger partial charge in [0, 0.05) is 25.2 Å². The van der Waals surface area contributed by atoms with E-state index in [0.717, 1.165) is 12.6 Å². The monoisotopic (exact) mass is 219 g/mol. The Hall–Kier alpha value is -0.880. The van der Waals surface area contributed by atoms with Crippen molar-refractivity contribution in [1.82, 2.24) is 5.01 Å². The van der Waals surface area contributed by atoms with Crippen LogP contribution in [0.25, 0.3) is 0 Å². The second kappa shape index (κ2) is 3.61. The van der Waals surface area contributed by atoms with Gasteiger partial charge in [-0.3, -0.25) is 10.8 Å². The van der Waals surface area contributed by atoms with Gasteiger partial charge < -0.3 is 0 Å². The van der Waals surface area contributed by atoms with Crippen LogP contribution in [-0.4, -0.2) is 36.5 Å². The summed E-state index contributed by atoms with van der Waals surface area (Å²) in [6.07, 6.45) is -1.39. The Bertz CT molecular complexity index is 308. The molecule has 2 rings (SSSR count). The van der Waals surface area contributed by atoms with Crippen molar-refractivity contribution in [2.45, 2.75) is 18.6 Å². The van der Waals surface area contributed by atoms with E-state index < -0.39 is 11.7 Å². The fraction of sp³-hybridized carbons (Fsp3) is 0.667. The van der Waals surface area contributed by atoms with Crippen LogP contribution in [0.5, 0.6) is 0 Å². The van der Waals surface area contributed by atoms with E-state index in [1.807, 2.05) is 0 Å². The molecule has 2 N–H and O–H groups in total. The number of halogens is 3. The van der Waals surface area contributed by atoms with Crippen LogP contribution >= 0.6 is 0 Å². The highest BCUT2D eigenvalue weighted by Crippen LogP contribution is 2.31. The molecule has 2 atom stereocenters. The molecule has 15 heavy (non-hydrogen) atoms. The predicted octanol–water partition coefficient (Wildman–Crippen LogP) is 1.12. The van der Waals surface area contributed by atoms with Gasteiger partial charge in [-0.25, -0.2) is 5.01 Å². The summed E-state index contributed by atoms with van der Waals surface area (Å²) in [4.78, 5) is 3.94. The van der Waals surface area contributed by atoms with Crippen LogP contribution < -0.4 is 5.84 Å². The van der Waals surface area contributed by atoms with E-state index in [1.165, 1.54) is 6.08 Å². The Morgan fingerprint density at radius 2 is 2.20 bits per heavy atom. The minimum Gasteiger partial charge on any atom is -0.289 e. The fourth-order valence-electron chi connectivity index (χ4n) is 1.96. The van der Waals surface area contributed by atoms with Crippen molar-refractivity contribution in [1.29, 1.82) is 0 Å². The van der Waals surface area contributed by atoms with Gasteiger partial charge in [-0.15, -0.1) is 0 Å². The van der Waals surface area contributed by atoms with Gasteiger partial charge in [0.15, 0.2) is 0 Å². The van der Waals surface area contributed by atoms with Crippen molar-refractivity contribution in [3.05, 3.63) is 11.6 Å². The van der Waals surface area contributed by atoms with Crippen molar-refractivity contribution >= 4 is 6.21 Å². The van der Waals surface area contributed by atoms with Crippen LogP contribution in [0.15, 0.2) is 16.6 Å². The Morgan fingerprint density at radius 3 is 2.87 bits per heavy atom. The lowest BCUT2D eigenvalue weighted by molar-refractivity contribution is -0.0866. The van der Waals surface area contributed by atoms with Crippen LogP contribution in [-0.2, 0) is 0 Å². The summed E-state index contributed by atoms with van der Waals surface area (Å²) in [5.41, 5.74) is -0.654. The summed E-state index contributed by atoms with van der Waals surface area (Å²) >= 11 is 0. The summed E-state index contributed by atoms with van der Waals surface area (Å²) in [5.74, 6) is 5.36. The quantitative estimate of drug-likeness (QED) is 0.620. The Balaban J connectivity index is 2.16. The number of alkyl halides is 3. The molecule has 0 saturated carbocycles. The summed E-state index contributed by atoms with van der Waals surface area (Å²) in [7, 11) is 0. The molecule has 3 nitrogen and oxygen atoms in total. The first-order valence-electron chi connectivity index (χ1n) is 4.78. The minimum absolute atomic E-state index is 0.0316. The number of fused-ring (bicyclic) bond motifs is 1. The zero-order chi connectivity index (χ0) is 11.1. The highest BCUT2D eigenvalue weighted by atomic mass is 19.4. The highest BCUT2D eigenvalue weighted by molar-refractivity contribution is 5.81. The number of nitrogens with zero attached hydrogens (tertiary/aromatic N) is 2. The van der Waals surface area contributed by atoms with Gasteiger partial charge in [-0.2, -0.15) is 13.2 Å². The Kier molecular flexibility index (Phi) is 2.56. The van der Waals surface area contributed by atoms with Gasteiger partial charge in [0.2, 0.25) is 0 Å². The van der Waals surface area contributed by atoms with E-state index >= 15 is 0 Å². The number of piperidine rings is 1. The first kappa shape index (κ1) is 10.6. The predicted molar refractivity (Wildman–Crippen MR) is 50.3 cm³/mol. The van der Waals surface area contributed by atoms with Crippen LogP contribution in [0.3, 0.4) is 0 Å². The van der Waals surface area contributed by atoms with E-state index in [4.69, 9.17) is 5.84 Å². The summed E-state index contributed by atoms with van der Waals surface area (Å²) in [6.45, 7) is 1.13. The molecule has 0 aromatic rings. The van der Waals surface area contributed by atoms with Crippen LogP contribution in [0.1, 0.15) is 6.42 Å². The molecule has 84 valence electrons. The van der Waals surface area contributed by atoms with E-state index in [-0.39, 0.29) is 12.0 Å². The largest absolute Gasteiger partial charge is 0.417 e. The topological polar surface area (TPSA) is 41.6 Å². The maximum atomic E-state index is 12.4. The molecule has 1 saturated heterocycles. The van der Waals surface area contributed by atoms with E-state index in [2.05, 4.69) is 4.99 Å². The molecular formula is C9H12F3N3. The van der Waals surface area contributed by atoms with Gasteiger partial charge >= 0.3 is 6.18 Å². The van der Waals surface area contributed by atoms with E-state index in [0.29, 0.717) is 13.1 Å². The molecule has 0 amide bonds. The van der Waals surface area contributed by atoms with Crippen molar-refractivity contribution < 1.29 is 13.2 Å². The lowest BCUT2D eigenvalue weighted by Gasteiger charge is -2.34. The van der Waals surface area contributed by atoms with Gasteiger partial charge in [-0.1, -0.05) is 6.08 Å². The maximum absolute atomic E-state index is 12.4. The van der Waals surface area contributed by atoms with Gasteiger partial charge in [0.1, 0.15) is 0 Å². The lowest BCUT2D eigenvalue weighted by atomic mass is 9.89. The fourth-order valence-corrected chi connectivity index (χ4v) is 1.96. The first-order valence-corrected chi connectivity index (χ1v) is 4.78. The van der Waals surface area contributed by atoms with E-state index in [9.17, 15) is 13.2 Å². The number of hydrazine groups is 1. The maximum Gasteiger partial charge on any atom is 0.417 e. The normalized spacial score (nSPS) is 32.4. The third kappa shape index (κ3) is 2.21. The molecule has 0 radical (unpaired) electrons. The molecule has 2 unspecified atom stereocenters. The average molecular weight is 219 g/mol. The van der Waals surface area contributed by atoms with Crippen LogP contribution in [0.2, 0.25) is 0 Å². The zero-order valence-electron chi connectivity index (χ0n) is 8.04. The van der Waals surface area contributed by atoms with E-state index in [1.54, 1.807) is 5.01 Å². The molecule has 0 bridgehead atoms. The van der Waals surface area contributed by atoms with Crippen LogP contribution in [0.4, 0.5) is 13.2 Å². The number of dihydropyridines is 1. The minimum atomic E-state index is -4.30. The average Bonchev–Trinajstić information content (AvgIpc) is 2.15. The standard InChI is InChI=1S/C9H12F3N3/c10-9(11,12)7-3-6-5-15(13)2-1-8(6)14-4-7/h3-4,6,8H,1-2,5,13H2. The molecular weight excluding hydrogens is 207 g/mol. The van der Waals surface area contributed by atoms with Gasteiger partial charge in [-0.05, 0) is 6.42 Å². The number of hydrogen-bond donors (Lipinski definition) is 1. The number of allylic oxidation sites excluding steroid dienone is 1. The lowest BCUT2D eigenvalue weighted by Crippen LogP contribution is -2.46. The summed E-state index contributed by atoms with van der Waals surface area (Å²) < 4.78 is 37.2. The summed E-state index contributed by atoms with van der Waals surface area (Å²) in [5, 5.41) is 1.55. The van der Waals surface area contributed by atoms with Crippen molar-refractivity contribution in [3.8, 4) is 0 Å². The van der Waals surface area contributed by atoms with Crippen molar-refractivity contribution in [2.24, 2.45) is 16.8 Å². The second-order valence-electron chi connectivity index (χ2n) is 3.91. The van der Waals surface area contributed by atoms with Gasteiger partial charge in [0.05, 0.1) is 11.6 Å². The SMILES string of the molecule is NN1CCC2N=CC(C(F)(F)F)=CC2C1. The molecule has 0 spiro atoms. The third-order valence-corrected chi connectivity index (χ3v) is 2.78. The zero-order valence-corrected chi connectivity index (χ0v) is 8.04. The molecule has 0 aromatic carbocycles. The van der Waals surface area contributed by atoms with Gasteiger partial charge in [0.25, 0.3) is 0 Å². The highest BCUT2D eigenvalue weighted by Gasteiger charge is 2.37. The third-order valence-electron chi connectivity index (χ3n) is 2.78. The molecule has 6 heteroatoms. The molecule has 2 heterocycles. The molecule has 2 aliphatic rings. The Labute approximate surface area is 85.4 Å².